The standard InChI is InChI=1S/C9H15NO3/c11-8(12)9(5-13-6-9)4-10-7-2-1-3-7/h7,10H,1-6H2,(H,11,12). The van der Waals surface area contributed by atoms with Crippen molar-refractivity contribution in [2.24, 2.45) is 5.41 Å². The van der Waals surface area contributed by atoms with Crippen molar-refractivity contribution in [3.63, 3.8) is 0 Å². The Kier molecular flexibility index (Phi) is 2.26. The summed E-state index contributed by atoms with van der Waals surface area (Å²) in [6, 6.07) is 0.553. The molecule has 1 heterocycles. The number of carboxylic acids is 1. The Morgan fingerprint density at radius 2 is 2.23 bits per heavy atom. The summed E-state index contributed by atoms with van der Waals surface area (Å²) in [6.07, 6.45) is 3.65. The Balaban J connectivity index is 1.80. The Morgan fingerprint density at radius 1 is 1.54 bits per heavy atom. The van der Waals surface area contributed by atoms with Gasteiger partial charge in [-0.25, -0.2) is 0 Å². The molecular formula is C9H15NO3. The normalized spacial score (nSPS) is 26.2. The predicted octanol–water partition coefficient (Wildman–Crippen LogP) is 0.230. The molecule has 1 saturated heterocycles. The van der Waals surface area contributed by atoms with Crippen molar-refractivity contribution in [2.75, 3.05) is 19.8 Å². The van der Waals surface area contributed by atoms with Crippen molar-refractivity contribution >= 4 is 5.97 Å². The van der Waals surface area contributed by atoms with E-state index in [1.54, 1.807) is 0 Å². The molecule has 0 unspecified atom stereocenters. The molecule has 2 fully saturated rings. The van der Waals surface area contributed by atoms with Gasteiger partial charge in [-0.1, -0.05) is 6.42 Å². The SMILES string of the molecule is O=C(O)C1(CNC2CCC2)COC1. The van der Waals surface area contributed by atoms with E-state index in [4.69, 9.17) is 9.84 Å². The van der Waals surface area contributed by atoms with Crippen LogP contribution in [0, 0.1) is 5.41 Å². The highest BCUT2D eigenvalue weighted by Gasteiger charge is 2.46. The molecule has 0 aromatic heterocycles. The van der Waals surface area contributed by atoms with Crippen LogP contribution in [-0.4, -0.2) is 36.9 Å². The quantitative estimate of drug-likeness (QED) is 0.658. The maximum atomic E-state index is 10.9. The second-order valence-corrected chi connectivity index (χ2v) is 4.09. The molecule has 1 aliphatic carbocycles. The number of hydrogen-bond acceptors (Lipinski definition) is 3. The van der Waals surface area contributed by atoms with Crippen LogP contribution in [0.1, 0.15) is 19.3 Å². The molecule has 4 nitrogen and oxygen atoms in total. The minimum absolute atomic E-state index is 0.363. The molecule has 0 radical (unpaired) electrons. The van der Waals surface area contributed by atoms with E-state index in [0.29, 0.717) is 25.8 Å². The van der Waals surface area contributed by atoms with Crippen molar-refractivity contribution in [1.29, 1.82) is 0 Å². The molecule has 1 saturated carbocycles. The molecule has 0 spiro atoms. The molecule has 13 heavy (non-hydrogen) atoms. The second-order valence-electron chi connectivity index (χ2n) is 4.09. The highest BCUT2D eigenvalue weighted by molar-refractivity contribution is 5.76. The van der Waals surface area contributed by atoms with E-state index < -0.39 is 11.4 Å². The summed E-state index contributed by atoms with van der Waals surface area (Å²) in [4.78, 5) is 10.9. The van der Waals surface area contributed by atoms with Crippen molar-refractivity contribution in [2.45, 2.75) is 25.3 Å². The maximum Gasteiger partial charge on any atom is 0.315 e. The van der Waals surface area contributed by atoms with Crippen LogP contribution in [-0.2, 0) is 9.53 Å². The average molecular weight is 185 g/mol. The van der Waals surface area contributed by atoms with E-state index in [1.165, 1.54) is 19.3 Å². The van der Waals surface area contributed by atoms with E-state index in [9.17, 15) is 4.79 Å². The summed E-state index contributed by atoms with van der Waals surface area (Å²) in [5, 5.41) is 12.2. The summed E-state index contributed by atoms with van der Waals surface area (Å²) in [5.74, 6) is -0.731. The topological polar surface area (TPSA) is 58.6 Å². The Morgan fingerprint density at radius 3 is 2.54 bits per heavy atom. The molecule has 2 aliphatic rings. The Bertz CT molecular complexity index is 209. The van der Waals surface area contributed by atoms with Gasteiger partial charge in [0.1, 0.15) is 5.41 Å². The van der Waals surface area contributed by atoms with Gasteiger partial charge in [0.15, 0.2) is 0 Å². The third-order valence-electron chi connectivity index (χ3n) is 3.04. The number of aliphatic carboxylic acids is 1. The van der Waals surface area contributed by atoms with Crippen LogP contribution in [0.5, 0.6) is 0 Å². The van der Waals surface area contributed by atoms with Gasteiger partial charge in [-0.05, 0) is 12.8 Å². The van der Waals surface area contributed by atoms with E-state index in [-0.39, 0.29) is 0 Å². The van der Waals surface area contributed by atoms with Crippen molar-refractivity contribution in [3.05, 3.63) is 0 Å². The van der Waals surface area contributed by atoms with E-state index in [1.807, 2.05) is 0 Å². The third-order valence-corrected chi connectivity index (χ3v) is 3.04. The molecule has 0 atom stereocenters. The van der Waals surface area contributed by atoms with Crippen molar-refractivity contribution in [1.82, 2.24) is 5.32 Å². The third kappa shape index (κ3) is 1.56. The lowest BCUT2D eigenvalue weighted by molar-refractivity contribution is -0.179. The van der Waals surface area contributed by atoms with Crippen molar-refractivity contribution < 1.29 is 14.6 Å². The van der Waals surface area contributed by atoms with Crippen LogP contribution in [0.25, 0.3) is 0 Å². The number of carboxylic acid groups (broad SMARTS) is 1. The molecule has 2 rings (SSSR count). The molecule has 0 aromatic carbocycles. The van der Waals surface area contributed by atoms with Crippen LogP contribution in [0.2, 0.25) is 0 Å². The van der Waals surface area contributed by atoms with Gasteiger partial charge in [0.2, 0.25) is 0 Å². The van der Waals surface area contributed by atoms with Gasteiger partial charge >= 0.3 is 5.97 Å². The lowest BCUT2D eigenvalue weighted by atomic mass is 9.84. The zero-order valence-corrected chi connectivity index (χ0v) is 7.58. The summed E-state index contributed by atoms with van der Waals surface area (Å²) in [7, 11) is 0. The van der Waals surface area contributed by atoms with E-state index >= 15 is 0 Å². The van der Waals surface area contributed by atoms with Gasteiger partial charge in [0, 0.05) is 12.6 Å². The summed E-state index contributed by atoms with van der Waals surface area (Å²) < 4.78 is 4.96. The second kappa shape index (κ2) is 3.27. The highest BCUT2D eigenvalue weighted by Crippen LogP contribution is 2.28. The van der Waals surface area contributed by atoms with Gasteiger partial charge in [-0.2, -0.15) is 0 Å². The fraction of sp³-hybridized carbons (Fsp3) is 0.889. The van der Waals surface area contributed by atoms with Crippen LogP contribution in [0.4, 0.5) is 0 Å². The summed E-state index contributed by atoms with van der Waals surface area (Å²) in [5.41, 5.74) is -0.629. The average Bonchev–Trinajstić information content (AvgIpc) is 1.89. The van der Waals surface area contributed by atoms with E-state index in [0.717, 1.165) is 0 Å². The fourth-order valence-electron chi connectivity index (χ4n) is 1.60. The zero-order chi connectivity index (χ0) is 9.31. The van der Waals surface area contributed by atoms with E-state index in [2.05, 4.69) is 5.32 Å². The molecule has 0 amide bonds. The number of hydrogen-bond donors (Lipinski definition) is 2. The van der Waals surface area contributed by atoms with Crippen LogP contribution < -0.4 is 5.32 Å². The summed E-state index contributed by atoms with van der Waals surface area (Å²) in [6.45, 7) is 1.29. The zero-order valence-electron chi connectivity index (χ0n) is 7.58. The minimum Gasteiger partial charge on any atom is -0.481 e. The molecule has 2 N–H and O–H groups in total. The van der Waals surface area contributed by atoms with Gasteiger partial charge in [-0.3, -0.25) is 4.79 Å². The highest BCUT2D eigenvalue weighted by atomic mass is 16.5. The lowest BCUT2D eigenvalue weighted by Crippen LogP contribution is -2.57. The van der Waals surface area contributed by atoms with Crippen LogP contribution in [0.15, 0.2) is 0 Å². The largest absolute Gasteiger partial charge is 0.481 e. The number of nitrogens with one attached hydrogen (secondary N) is 1. The Labute approximate surface area is 77.3 Å². The molecular weight excluding hydrogens is 170 g/mol. The molecule has 4 heteroatoms. The first-order chi connectivity index (χ1) is 6.23. The van der Waals surface area contributed by atoms with Crippen molar-refractivity contribution in [3.8, 4) is 0 Å². The summed E-state index contributed by atoms with van der Waals surface area (Å²) >= 11 is 0. The predicted molar refractivity (Wildman–Crippen MR) is 46.5 cm³/mol. The molecule has 0 bridgehead atoms. The molecule has 1 aliphatic heterocycles. The number of carbonyl (C=O) groups is 1. The number of ether oxygens (including phenoxy) is 1. The first-order valence-electron chi connectivity index (χ1n) is 4.77. The number of rotatable bonds is 4. The lowest BCUT2D eigenvalue weighted by Gasteiger charge is -2.39. The maximum absolute atomic E-state index is 10.9. The van der Waals surface area contributed by atoms with Gasteiger partial charge in [0.25, 0.3) is 0 Å². The minimum atomic E-state index is -0.731. The fourth-order valence-corrected chi connectivity index (χ4v) is 1.60. The van der Waals surface area contributed by atoms with Crippen LogP contribution >= 0.6 is 0 Å². The Hall–Kier alpha value is -0.610. The monoisotopic (exact) mass is 185 g/mol. The molecule has 0 aromatic rings. The first kappa shape index (κ1) is 8.97. The molecule has 74 valence electrons. The van der Waals surface area contributed by atoms with Gasteiger partial charge in [0.05, 0.1) is 13.2 Å². The van der Waals surface area contributed by atoms with Gasteiger partial charge in [-0.15, -0.1) is 0 Å². The first-order valence-corrected chi connectivity index (χ1v) is 4.77. The van der Waals surface area contributed by atoms with Gasteiger partial charge < -0.3 is 15.2 Å². The smallest absolute Gasteiger partial charge is 0.315 e. The van der Waals surface area contributed by atoms with Crippen LogP contribution in [0.3, 0.4) is 0 Å².